The van der Waals surface area contributed by atoms with Crippen LogP contribution in [0.25, 0.3) is 0 Å². The molecule has 19 heavy (non-hydrogen) atoms. The van der Waals surface area contributed by atoms with Gasteiger partial charge in [0.15, 0.2) is 0 Å². The predicted molar refractivity (Wildman–Crippen MR) is 77.7 cm³/mol. The lowest BCUT2D eigenvalue weighted by atomic mass is 9.47. The van der Waals surface area contributed by atoms with Crippen LogP contribution in [0.5, 0.6) is 0 Å². The third-order valence-corrected chi connectivity index (χ3v) is 7.34. The Balaban J connectivity index is 1.62. The highest BCUT2D eigenvalue weighted by atomic mass is 16.3. The quantitative estimate of drug-likeness (QED) is 0.643. The summed E-state index contributed by atoms with van der Waals surface area (Å²) < 4.78 is 0. The highest BCUT2D eigenvalue weighted by Gasteiger charge is 2.53. The molecule has 0 aromatic carbocycles. The van der Waals surface area contributed by atoms with Gasteiger partial charge in [0, 0.05) is 0 Å². The van der Waals surface area contributed by atoms with Gasteiger partial charge in [-0.1, -0.05) is 18.6 Å². The third-order valence-electron chi connectivity index (χ3n) is 7.34. The maximum Gasteiger partial charge on any atom is 0.0543 e. The van der Waals surface area contributed by atoms with E-state index < -0.39 is 0 Å². The molecule has 0 amide bonds. The fraction of sp³-hybridized carbons (Fsp3) is 0.889. The Labute approximate surface area is 117 Å². The number of hydrogen-bond donors (Lipinski definition) is 1. The van der Waals surface area contributed by atoms with Gasteiger partial charge in [-0.3, -0.25) is 0 Å². The van der Waals surface area contributed by atoms with Crippen molar-refractivity contribution in [1.29, 1.82) is 0 Å². The second kappa shape index (κ2) is 4.35. The molecule has 0 bridgehead atoms. The molecular formula is C18H28O. The molecule has 0 aromatic heterocycles. The van der Waals surface area contributed by atoms with Gasteiger partial charge in [-0.2, -0.15) is 0 Å². The topological polar surface area (TPSA) is 20.2 Å². The summed E-state index contributed by atoms with van der Waals surface area (Å²) in [6, 6.07) is 0. The van der Waals surface area contributed by atoms with E-state index in [-0.39, 0.29) is 6.10 Å². The summed E-state index contributed by atoms with van der Waals surface area (Å²) in [5.41, 5.74) is 2.37. The summed E-state index contributed by atoms with van der Waals surface area (Å²) in [5.74, 6) is 3.70. The Bertz CT molecular complexity index is 398. The zero-order valence-electron chi connectivity index (χ0n) is 12.3. The predicted octanol–water partition coefficient (Wildman–Crippen LogP) is 4.31. The summed E-state index contributed by atoms with van der Waals surface area (Å²) in [7, 11) is 0. The number of fused-ring (bicyclic) bond motifs is 5. The van der Waals surface area contributed by atoms with Gasteiger partial charge in [0.1, 0.15) is 0 Å². The van der Waals surface area contributed by atoms with Crippen LogP contribution in [0, 0.1) is 29.1 Å². The molecule has 0 heterocycles. The SMILES string of the molecule is C[C@]12CC[C@@H](O)C[C@@H]1CC[C@H]1[C@@H]3CCC=C3CC[C@@H]12. The van der Waals surface area contributed by atoms with Crippen LogP contribution in [-0.4, -0.2) is 11.2 Å². The molecule has 0 unspecified atom stereocenters. The van der Waals surface area contributed by atoms with Crippen molar-refractivity contribution in [2.24, 2.45) is 29.1 Å². The third kappa shape index (κ3) is 1.77. The van der Waals surface area contributed by atoms with E-state index in [0.717, 1.165) is 36.5 Å². The van der Waals surface area contributed by atoms with Crippen molar-refractivity contribution >= 4 is 0 Å². The fourth-order valence-corrected chi connectivity index (χ4v) is 6.33. The van der Waals surface area contributed by atoms with Gasteiger partial charge < -0.3 is 5.11 Å². The second-order valence-electron chi connectivity index (χ2n) is 7.98. The molecule has 0 aromatic rings. The van der Waals surface area contributed by atoms with E-state index in [4.69, 9.17) is 0 Å². The first-order valence-corrected chi connectivity index (χ1v) is 8.55. The van der Waals surface area contributed by atoms with Crippen LogP contribution in [0.2, 0.25) is 0 Å². The summed E-state index contributed by atoms with van der Waals surface area (Å²) in [4.78, 5) is 0. The highest BCUT2D eigenvalue weighted by molar-refractivity contribution is 5.20. The van der Waals surface area contributed by atoms with Crippen LogP contribution in [0.15, 0.2) is 11.6 Å². The number of aliphatic hydroxyl groups excluding tert-OH is 1. The van der Waals surface area contributed by atoms with Crippen LogP contribution < -0.4 is 0 Å². The van der Waals surface area contributed by atoms with E-state index in [1.165, 1.54) is 44.9 Å². The van der Waals surface area contributed by atoms with Crippen LogP contribution >= 0.6 is 0 Å². The Morgan fingerprint density at radius 1 is 1.16 bits per heavy atom. The van der Waals surface area contributed by atoms with Gasteiger partial charge in [-0.05, 0) is 86.9 Å². The Hall–Kier alpha value is -0.300. The van der Waals surface area contributed by atoms with E-state index in [9.17, 15) is 5.11 Å². The zero-order valence-corrected chi connectivity index (χ0v) is 12.3. The van der Waals surface area contributed by atoms with Gasteiger partial charge in [0.25, 0.3) is 0 Å². The van der Waals surface area contributed by atoms with Crippen molar-refractivity contribution < 1.29 is 5.11 Å². The lowest BCUT2D eigenvalue weighted by Crippen LogP contribution is -2.50. The second-order valence-corrected chi connectivity index (χ2v) is 7.98. The molecule has 106 valence electrons. The van der Waals surface area contributed by atoms with Gasteiger partial charge >= 0.3 is 0 Å². The summed E-state index contributed by atoms with van der Waals surface area (Å²) in [5, 5.41) is 10.00. The molecule has 3 fully saturated rings. The van der Waals surface area contributed by atoms with Crippen molar-refractivity contribution in [3.8, 4) is 0 Å². The van der Waals surface area contributed by atoms with Crippen LogP contribution in [-0.2, 0) is 0 Å². The Kier molecular flexibility index (Phi) is 2.85. The molecule has 0 radical (unpaired) electrons. The summed E-state index contributed by atoms with van der Waals surface area (Å²) >= 11 is 0. The van der Waals surface area contributed by atoms with Gasteiger partial charge in [0.2, 0.25) is 0 Å². The number of aliphatic hydroxyl groups is 1. The minimum atomic E-state index is 0.000142. The zero-order chi connectivity index (χ0) is 13.0. The molecule has 0 aliphatic heterocycles. The van der Waals surface area contributed by atoms with Crippen molar-refractivity contribution in [2.45, 2.75) is 70.8 Å². The van der Waals surface area contributed by atoms with Gasteiger partial charge in [-0.15, -0.1) is 0 Å². The molecule has 4 aliphatic carbocycles. The van der Waals surface area contributed by atoms with Crippen LogP contribution in [0.4, 0.5) is 0 Å². The summed E-state index contributed by atoms with van der Waals surface area (Å²) in [6.07, 6.45) is 14.4. The largest absolute Gasteiger partial charge is 0.393 e. The first-order valence-electron chi connectivity index (χ1n) is 8.55. The lowest BCUT2D eigenvalue weighted by Gasteiger charge is -2.58. The van der Waals surface area contributed by atoms with E-state index in [0.29, 0.717) is 5.41 Å². The minimum absolute atomic E-state index is 0.000142. The maximum absolute atomic E-state index is 10.00. The average molecular weight is 260 g/mol. The van der Waals surface area contributed by atoms with Gasteiger partial charge in [-0.25, -0.2) is 0 Å². The minimum Gasteiger partial charge on any atom is -0.393 e. The molecular weight excluding hydrogens is 232 g/mol. The normalized spacial score (nSPS) is 52.9. The molecule has 0 saturated heterocycles. The molecule has 3 saturated carbocycles. The number of rotatable bonds is 0. The van der Waals surface area contributed by atoms with Crippen LogP contribution in [0.1, 0.15) is 64.7 Å². The van der Waals surface area contributed by atoms with Crippen LogP contribution in [0.3, 0.4) is 0 Å². The highest BCUT2D eigenvalue weighted by Crippen LogP contribution is 2.62. The smallest absolute Gasteiger partial charge is 0.0543 e. The standard InChI is InChI=1S/C18H28O/c1-18-10-9-14(19)11-13(18)6-7-16-15-4-2-3-12(15)5-8-17(16)18/h3,13-17,19H,2,4-11H2,1H3/t13-,14+,15+,16-,17-,18-/m0/s1. The van der Waals surface area contributed by atoms with E-state index in [1.807, 2.05) is 5.57 Å². The van der Waals surface area contributed by atoms with Crippen molar-refractivity contribution in [1.82, 2.24) is 0 Å². The Morgan fingerprint density at radius 2 is 2.05 bits per heavy atom. The van der Waals surface area contributed by atoms with E-state index >= 15 is 0 Å². The molecule has 1 heteroatoms. The molecule has 4 rings (SSSR count). The van der Waals surface area contributed by atoms with Crippen molar-refractivity contribution in [3.63, 3.8) is 0 Å². The first-order chi connectivity index (χ1) is 9.18. The van der Waals surface area contributed by atoms with Crippen molar-refractivity contribution in [3.05, 3.63) is 11.6 Å². The Morgan fingerprint density at radius 3 is 2.95 bits per heavy atom. The van der Waals surface area contributed by atoms with E-state index in [2.05, 4.69) is 13.0 Å². The number of allylic oxidation sites excluding steroid dienone is 2. The number of hydrogen-bond acceptors (Lipinski definition) is 1. The summed E-state index contributed by atoms with van der Waals surface area (Å²) in [6.45, 7) is 2.57. The maximum atomic E-state index is 10.00. The van der Waals surface area contributed by atoms with Crippen molar-refractivity contribution in [2.75, 3.05) is 0 Å². The average Bonchev–Trinajstić information content (AvgIpc) is 2.88. The van der Waals surface area contributed by atoms with Gasteiger partial charge in [0.05, 0.1) is 6.10 Å². The molecule has 0 spiro atoms. The monoisotopic (exact) mass is 260 g/mol. The fourth-order valence-electron chi connectivity index (χ4n) is 6.33. The molecule has 6 atom stereocenters. The lowest BCUT2D eigenvalue weighted by molar-refractivity contribution is -0.0897. The molecule has 4 aliphatic rings. The molecule has 1 nitrogen and oxygen atoms in total. The first kappa shape index (κ1) is 12.4. The van der Waals surface area contributed by atoms with E-state index in [1.54, 1.807) is 0 Å². The molecule has 1 N–H and O–H groups in total.